The minimum atomic E-state index is -3.17. The summed E-state index contributed by atoms with van der Waals surface area (Å²) in [5, 5.41) is 12.3. The summed E-state index contributed by atoms with van der Waals surface area (Å²) in [5.74, 6) is -1.84. The fourth-order valence-corrected chi connectivity index (χ4v) is 12.6. The lowest BCUT2D eigenvalue weighted by Gasteiger charge is -2.53. The topological polar surface area (TPSA) is 93.1 Å². The Morgan fingerprint density at radius 2 is 1.40 bits per heavy atom. The van der Waals surface area contributed by atoms with Crippen LogP contribution in [0.2, 0.25) is 18.1 Å². The molecule has 0 spiro atoms. The summed E-state index contributed by atoms with van der Waals surface area (Å²) in [6, 6.07) is 35.6. The van der Waals surface area contributed by atoms with Crippen LogP contribution in [0.3, 0.4) is 0 Å². The van der Waals surface area contributed by atoms with E-state index in [2.05, 4.69) is 40.4 Å². The third kappa shape index (κ3) is 7.58. The van der Waals surface area contributed by atoms with E-state index in [0.29, 0.717) is 11.1 Å². The highest BCUT2D eigenvalue weighted by atomic mass is 31.2. The van der Waals surface area contributed by atoms with Crippen molar-refractivity contribution in [2.24, 2.45) is 5.92 Å². The summed E-state index contributed by atoms with van der Waals surface area (Å²) < 4.78 is 12.8. The molecule has 272 valence electrons. The Balaban J connectivity index is 1.83. The van der Waals surface area contributed by atoms with Gasteiger partial charge >= 0.3 is 5.97 Å². The second kappa shape index (κ2) is 16.1. The fraction of sp³-hybridized carbons (Fsp3) is 0.302. The molecule has 5 rings (SSSR count). The number of carbonyl (C=O) groups excluding carboxylic acids is 3. The molecule has 0 aromatic heterocycles. The number of β-lactam (4-membered cyclic amide) rings is 1. The largest absolute Gasteiger partial charge is 0.457 e. The van der Waals surface area contributed by atoms with Gasteiger partial charge < -0.3 is 19.2 Å². The molecule has 52 heavy (non-hydrogen) atoms. The number of benzene rings is 4. The highest BCUT2D eigenvalue weighted by Crippen LogP contribution is 2.50. The van der Waals surface area contributed by atoms with Crippen LogP contribution in [0.15, 0.2) is 128 Å². The van der Waals surface area contributed by atoms with Gasteiger partial charge in [0.05, 0.1) is 24.7 Å². The molecule has 1 amide bonds. The van der Waals surface area contributed by atoms with E-state index >= 15 is 4.79 Å². The van der Waals surface area contributed by atoms with Gasteiger partial charge in [0.15, 0.2) is 14.1 Å². The molecule has 0 radical (unpaired) electrons. The first-order valence-corrected chi connectivity index (χ1v) is 22.4. The van der Waals surface area contributed by atoms with Crippen LogP contribution in [0.5, 0.6) is 0 Å². The lowest BCUT2D eigenvalue weighted by atomic mass is 9.79. The number of nitrogens with zero attached hydrogens (tertiary/aromatic N) is 1. The monoisotopic (exact) mass is 735 g/mol. The van der Waals surface area contributed by atoms with Crippen molar-refractivity contribution in [3.63, 3.8) is 0 Å². The lowest BCUT2D eigenvalue weighted by Crippen LogP contribution is -2.69. The van der Waals surface area contributed by atoms with Crippen molar-refractivity contribution in [2.45, 2.75) is 71.0 Å². The Hall–Kier alpha value is -4.33. The molecule has 0 unspecified atom stereocenters. The van der Waals surface area contributed by atoms with E-state index in [1.165, 1.54) is 6.08 Å². The number of Topliss-reactive ketones (excluding diaryl/α,β-unsaturated/α-hetero) is 1. The summed E-state index contributed by atoms with van der Waals surface area (Å²) in [5.41, 5.74) is 1.25. The van der Waals surface area contributed by atoms with Crippen molar-refractivity contribution in [2.75, 3.05) is 6.61 Å². The SMILES string of the molecule is C=CCOC(=O)C(N1C(=O)[C@H]([C@@H](C)O[Si](C)(C)C(C)(C)C)[C@H]1CC(=O)c1cccc(CO)c1)=P(c1ccccc1)(c1ccccc1)c1ccccc1. The predicted octanol–water partition coefficient (Wildman–Crippen LogP) is 6.84. The molecule has 1 N–H and O–H groups in total. The quantitative estimate of drug-likeness (QED) is 0.0381. The molecular formula is C43H50NO6PSi. The van der Waals surface area contributed by atoms with E-state index < -0.39 is 39.2 Å². The Morgan fingerprint density at radius 1 is 0.885 bits per heavy atom. The lowest BCUT2D eigenvalue weighted by molar-refractivity contribution is -0.156. The normalized spacial score (nSPS) is 16.8. The Bertz CT molecular complexity index is 1850. The van der Waals surface area contributed by atoms with Crippen molar-refractivity contribution in [3.8, 4) is 0 Å². The molecule has 1 heterocycles. The van der Waals surface area contributed by atoms with Crippen LogP contribution in [0.1, 0.15) is 50.0 Å². The van der Waals surface area contributed by atoms with E-state index in [-0.39, 0.29) is 41.8 Å². The number of ketones is 1. The van der Waals surface area contributed by atoms with E-state index in [1.54, 1.807) is 29.2 Å². The Labute approximate surface area is 309 Å². The number of carbonyl (C=O) groups is 3. The molecular weight excluding hydrogens is 686 g/mol. The van der Waals surface area contributed by atoms with Gasteiger partial charge in [0.25, 0.3) is 0 Å². The standard InChI is InChI=1S/C43H50NO6PSi/c1-8-27-49-42(48)41(51(34-21-12-9-13-22-34,35-23-14-10-15-24-35)36-25-16-11-17-26-36)44-37(29-38(46)33-20-18-19-32(28-33)30-45)39(40(44)47)31(2)50-52(6,7)43(3,4)5/h8-26,28,31,37,39,45H,1,27,29-30H2,2-7H3/t31-,37-,39-/m1/s1. The molecule has 9 heteroatoms. The first kappa shape index (κ1) is 38.9. The second-order valence-electron chi connectivity index (χ2n) is 14.8. The van der Waals surface area contributed by atoms with Gasteiger partial charge in [0.1, 0.15) is 12.0 Å². The van der Waals surface area contributed by atoms with E-state index in [4.69, 9.17) is 9.16 Å². The predicted molar refractivity (Wildman–Crippen MR) is 214 cm³/mol. The zero-order valence-corrected chi connectivity index (χ0v) is 32.9. The number of esters is 1. The van der Waals surface area contributed by atoms with E-state index in [0.717, 1.165) is 15.9 Å². The number of ether oxygens (including phenoxy) is 1. The first-order chi connectivity index (χ1) is 24.8. The molecule has 3 atom stereocenters. The maximum Gasteiger partial charge on any atom is 0.356 e. The highest BCUT2D eigenvalue weighted by Gasteiger charge is 2.57. The van der Waals surface area contributed by atoms with Gasteiger partial charge in [0.2, 0.25) is 5.91 Å². The van der Waals surface area contributed by atoms with Crippen molar-refractivity contribution in [1.29, 1.82) is 0 Å². The van der Waals surface area contributed by atoms with Gasteiger partial charge in [-0.05, 0) is 52.6 Å². The van der Waals surface area contributed by atoms with Crippen LogP contribution >= 0.6 is 6.89 Å². The van der Waals surface area contributed by atoms with Crippen molar-refractivity contribution in [1.82, 2.24) is 4.90 Å². The summed E-state index contributed by atoms with van der Waals surface area (Å²) in [6.07, 6.45) is 0.913. The van der Waals surface area contributed by atoms with E-state index in [1.807, 2.05) is 97.9 Å². The van der Waals surface area contributed by atoms with Gasteiger partial charge in [-0.25, -0.2) is 4.79 Å². The molecule has 1 saturated heterocycles. The van der Waals surface area contributed by atoms with Crippen molar-refractivity contribution >= 4 is 54.2 Å². The van der Waals surface area contributed by atoms with Crippen LogP contribution in [0, 0.1) is 5.92 Å². The molecule has 1 fully saturated rings. The summed E-state index contributed by atoms with van der Waals surface area (Å²) in [4.78, 5) is 45.7. The highest BCUT2D eigenvalue weighted by molar-refractivity contribution is 7.96. The van der Waals surface area contributed by atoms with Gasteiger partial charge in [-0.1, -0.05) is 143 Å². The molecule has 1 aliphatic rings. The van der Waals surface area contributed by atoms with Crippen LogP contribution < -0.4 is 15.9 Å². The van der Waals surface area contributed by atoms with Gasteiger partial charge in [-0.2, -0.15) is 0 Å². The summed E-state index contributed by atoms with van der Waals surface area (Å²) in [7, 11) is -2.36. The number of likely N-dealkylation sites (tertiary alicyclic amines) is 1. The maximum atomic E-state index is 15.0. The Morgan fingerprint density at radius 3 is 1.87 bits per heavy atom. The van der Waals surface area contributed by atoms with Crippen LogP contribution in [-0.2, 0) is 25.4 Å². The van der Waals surface area contributed by atoms with Crippen LogP contribution in [0.4, 0.5) is 0 Å². The number of rotatable bonds is 14. The summed E-state index contributed by atoms with van der Waals surface area (Å²) in [6.45, 7) is 13.0. The van der Waals surface area contributed by atoms with Gasteiger partial charge in [-0.3, -0.25) is 9.59 Å². The molecule has 0 bridgehead atoms. The van der Waals surface area contributed by atoms with Crippen molar-refractivity contribution in [3.05, 3.63) is 139 Å². The Kier molecular flexibility index (Phi) is 12.1. The zero-order valence-electron chi connectivity index (χ0n) is 31.0. The van der Waals surface area contributed by atoms with Crippen LogP contribution in [0.25, 0.3) is 0 Å². The molecule has 4 aromatic carbocycles. The zero-order chi connectivity index (χ0) is 37.7. The fourth-order valence-electron chi connectivity index (χ4n) is 6.79. The molecule has 4 aromatic rings. The third-order valence-electron chi connectivity index (χ3n) is 10.4. The smallest absolute Gasteiger partial charge is 0.356 e. The molecule has 0 aliphatic carbocycles. The molecule has 1 aliphatic heterocycles. The first-order valence-electron chi connectivity index (χ1n) is 17.7. The maximum absolute atomic E-state index is 15.0. The summed E-state index contributed by atoms with van der Waals surface area (Å²) >= 11 is 0. The number of amides is 1. The number of aliphatic hydroxyl groups is 1. The van der Waals surface area contributed by atoms with Crippen LogP contribution in [-0.4, -0.2) is 60.2 Å². The van der Waals surface area contributed by atoms with Crippen molar-refractivity contribution < 1.29 is 28.7 Å². The number of hydrogen-bond donors (Lipinski definition) is 1. The minimum Gasteiger partial charge on any atom is -0.457 e. The van der Waals surface area contributed by atoms with Gasteiger partial charge in [0, 0.05) is 18.9 Å². The van der Waals surface area contributed by atoms with Gasteiger partial charge in [-0.15, -0.1) is 0 Å². The second-order valence-corrected chi connectivity index (χ2v) is 22.8. The molecule has 0 saturated carbocycles. The number of aliphatic hydroxyl groups excluding tert-OH is 1. The number of hydrogen-bond acceptors (Lipinski definition) is 6. The minimum absolute atomic E-state index is 0.0609. The average Bonchev–Trinajstić information content (AvgIpc) is 3.14. The third-order valence-corrected chi connectivity index (χ3v) is 19.2. The average molecular weight is 736 g/mol. The van der Waals surface area contributed by atoms with E-state index in [9.17, 15) is 14.7 Å². The molecule has 7 nitrogen and oxygen atoms in total.